The monoisotopic (exact) mass is 286 g/mol. The van der Waals surface area contributed by atoms with E-state index in [1.54, 1.807) is 18.1 Å². The fourth-order valence-corrected chi connectivity index (χ4v) is 2.62. The molecule has 0 bridgehead atoms. The second-order valence-corrected chi connectivity index (χ2v) is 5.80. The molecular weight excluding hydrogens is 268 g/mol. The lowest BCUT2D eigenvalue weighted by atomic mass is 10.1. The zero-order valence-corrected chi connectivity index (χ0v) is 12.3. The van der Waals surface area contributed by atoms with Crippen LogP contribution in [0.15, 0.2) is 41.7 Å². The van der Waals surface area contributed by atoms with Crippen molar-refractivity contribution < 1.29 is 0 Å². The number of aromatic nitrogens is 2. The Morgan fingerprint density at radius 2 is 2.10 bits per heavy atom. The largest absolute Gasteiger partial charge is 0.398 e. The molecule has 1 heterocycles. The van der Waals surface area contributed by atoms with Crippen LogP contribution in [0.25, 0.3) is 0 Å². The first-order chi connectivity index (χ1) is 9.78. The maximum Gasteiger partial charge on any atom is 0.133 e. The topological polar surface area (TPSA) is 55.0 Å². The maximum atomic E-state index is 6.06. The molecule has 1 aliphatic rings. The lowest BCUT2D eigenvalue weighted by molar-refractivity contribution is 0.771. The highest BCUT2D eigenvalue weighted by molar-refractivity contribution is 7.98. The molecule has 1 aromatic carbocycles. The van der Waals surface area contributed by atoms with E-state index < -0.39 is 0 Å². The zero-order valence-electron chi connectivity index (χ0n) is 11.5. The Morgan fingerprint density at radius 1 is 1.30 bits per heavy atom. The minimum atomic E-state index is 0.583. The molecule has 5 heteroatoms. The Hall–Kier alpha value is -1.75. The van der Waals surface area contributed by atoms with Crippen molar-refractivity contribution >= 4 is 23.3 Å². The number of anilines is 2. The minimum absolute atomic E-state index is 0.583. The van der Waals surface area contributed by atoms with Crippen LogP contribution in [0.3, 0.4) is 0 Å². The van der Waals surface area contributed by atoms with Gasteiger partial charge in [0.1, 0.15) is 17.2 Å². The van der Waals surface area contributed by atoms with Gasteiger partial charge in [0.25, 0.3) is 0 Å². The normalized spacial score (nSPS) is 14.2. The Bertz CT molecular complexity index is 598. The smallest absolute Gasteiger partial charge is 0.133 e. The average molecular weight is 286 g/mol. The van der Waals surface area contributed by atoms with Gasteiger partial charge in [-0.05, 0) is 30.7 Å². The van der Waals surface area contributed by atoms with E-state index in [2.05, 4.69) is 27.0 Å². The number of thioether (sulfide) groups is 1. The summed E-state index contributed by atoms with van der Waals surface area (Å²) in [4.78, 5) is 11.0. The molecule has 0 saturated heterocycles. The van der Waals surface area contributed by atoms with Crippen molar-refractivity contribution in [1.82, 2.24) is 9.97 Å². The van der Waals surface area contributed by atoms with Crippen molar-refractivity contribution in [3.63, 3.8) is 0 Å². The summed E-state index contributed by atoms with van der Waals surface area (Å²) in [5.74, 6) is 0.995. The molecule has 4 nitrogen and oxygen atoms in total. The average Bonchev–Trinajstić information content (AvgIpc) is 3.31. The van der Waals surface area contributed by atoms with Gasteiger partial charge < -0.3 is 10.6 Å². The number of nitrogen functional groups attached to an aromatic ring is 1. The van der Waals surface area contributed by atoms with Crippen molar-refractivity contribution in [2.45, 2.75) is 30.5 Å². The maximum absolute atomic E-state index is 6.06. The van der Waals surface area contributed by atoms with Gasteiger partial charge in [-0.25, -0.2) is 9.97 Å². The quantitative estimate of drug-likeness (QED) is 0.520. The first-order valence-electron chi connectivity index (χ1n) is 6.74. The van der Waals surface area contributed by atoms with Gasteiger partial charge in [-0.15, -0.1) is 11.8 Å². The number of rotatable bonds is 5. The minimum Gasteiger partial charge on any atom is -0.398 e. The molecule has 0 amide bonds. The molecule has 0 aliphatic heterocycles. The van der Waals surface area contributed by atoms with Crippen LogP contribution in [-0.4, -0.2) is 22.3 Å². The van der Waals surface area contributed by atoms with Crippen LogP contribution in [0, 0.1) is 0 Å². The summed E-state index contributed by atoms with van der Waals surface area (Å²) >= 11 is 1.64. The number of nitrogens with zero attached hydrogens (tertiary/aromatic N) is 3. The van der Waals surface area contributed by atoms with Gasteiger partial charge in [0.2, 0.25) is 0 Å². The van der Waals surface area contributed by atoms with Gasteiger partial charge in [-0.1, -0.05) is 18.2 Å². The van der Waals surface area contributed by atoms with E-state index >= 15 is 0 Å². The number of nitrogens with two attached hydrogens (primary N) is 1. The molecule has 2 N–H and O–H groups in total. The fourth-order valence-electron chi connectivity index (χ4n) is 2.24. The molecule has 1 aliphatic carbocycles. The summed E-state index contributed by atoms with van der Waals surface area (Å²) in [6, 6.07) is 10.7. The van der Waals surface area contributed by atoms with Crippen molar-refractivity contribution in [2.75, 3.05) is 16.9 Å². The van der Waals surface area contributed by atoms with Crippen LogP contribution in [0.4, 0.5) is 11.5 Å². The first-order valence-corrected chi connectivity index (χ1v) is 7.96. The van der Waals surface area contributed by atoms with Crippen LogP contribution >= 0.6 is 11.8 Å². The number of hydrogen-bond donors (Lipinski definition) is 1. The summed E-state index contributed by atoms with van der Waals surface area (Å²) in [5, 5.41) is 1.00. The van der Waals surface area contributed by atoms with Gasteiger partial charge in [0.05, 0.1) is 0 Å². The second kappa shape index (κ2) is 5.71. The van der Waals surface area contributed by atoms with E-state index in [0.717, 1.165) is 28.6 Å². The molecule has 2 aromatic rings. The van der Waals surface area contributed by atoms with Crippen LogP contribution in [-0.2, 0) is 6.54 Å². The number of hydrogen-bond acceptors (Lipinski definition) is 5. The molecule has 3 rings (SSSR count). The number of benzene rings is 1. The standard InChI is InChI=1S/C15H18N4S/c1-20-15-8-14(17-10-18-15)19(12-6-7-12)9-11-4-2-3-5-13(11)16/h2-5,8,10,12H,6-7,9,16H2,1H3. The van der Waals surface area contributed by atoms with Crippen LogP contribution < -0.4 is 10.6 Å². The third-order valence-electron chi connectivity index (χ3n) is 3.51. The van der Waals surface area contributed by atoms with Gasteiger partial charge in [0.15, 0.2) is 0 Å². The Morgan fingerprint density at radius 3 is 2.80 bits per heavy atom. The van der Waals surface area contributed by atoms with E-state index in [0.29, 0.717) is 6.04 Å². The van der Waals surface area contributed by atoms with E-state index in [4.69, 9.17) is 5.73 Å². The molecule has 1 saturated carbocycles. The highest BCUT2D eigenvalue weighted by Gasteiger charge is 2.30. The van der Waals surface area contributed by atoms with E-state index in [9.17, 15) is 0 Å². The third-order valence-corrected chi connectivity index (χ3v) is 4.16. The van der Waals surface area contributed by atoms with Gasteiger partial charge >= 0.3 is 0 Å². The van der Waals surface area contributed by atoms with Crippen LogP contribution in [0.2, 0.25) is 0 Å². The highest BCUT2D eigenvalue weighted by atomic mass is 32.2. The summed E-state index contributed by atoms with van der Waals surface area (Å²) in [7, 11) is 0. The fraction of sp³-hybridized carbons (Fsp3) is 0.333. The SMILES string of the molecule is CSc1cc(N(Cc2ccccc2N)C2CC2)ncn1. The molecule has 20 heavy (non-hydrogen) atoms. The van der Waals surface area contributed by atoms with E-state index in [1.165, 1.54) is 12.8 Å². The molecule has 0 unspecified atom stereocenters. The molecule has 0 atom stereocenters. The first kappa shape index (κ1) is 13.2. The van der Waals surface area contributed by atoms with Gasteiger partial charge in [0, 0.05) is 24.3 Å². The van der Waals surface area contributed by atoms with E-state index in [1.807, 2.05) is 24.5 Å². The van der Waals surface area contributed by atoms with Crippen LogP contribution in [0.5, 0.6) is 0 Å². The predicted octanol–water partition coefficient (Wildman–Crippen LogP) is 2.95. The van der Waals surface area contributed by atoms with Crippen molar-refractivity contribution in [2.24, 2.45) is 0 Å². The Labute approximate surface area is 123 Å². The van der Waals surface area contributed by atoms with E-state index in [-0.39, 0.29) is 0 Å². The predicted molar refractivity (Wildman–Crippen MR) is 83.9 cm³/mol. The molecule has 1 fully saturated rings. The van der Waals surface area contributed by atoms with Gasteiger partial charge in [-0.2, -0.15) is 0 Å². The van der Waals surface area contributed by atoms with Crippen molar-refractivity contribution in [1.29, 1.82) is 0 Å². The Balaban J connectivity index is 1.87. The second-order valence-electron chi connectivity index (χ2n) is 4.98. The van der Waals surface area contributed by atoms with Crippen molar-refractivity contribution in [3.8, 4) is 0 Å². The van der Waals surface area contributed by atoms with Crippen molar-refractivity contribution in [3.05, 3.63) is 42.2 Å². The molecule has 104 valence electrons. The molecular formula is C15H18N4S. The lowest BCUT2D eigenvalue weighted by Crippen LogP contribution is -2.26. The van der Waals surface area contributed by atoms with Gasteiger partial charge in [-0.3, -0.25) is 0 Å². The Kier molecular flexibility index (Phi) is 3.78. The molecule has 0 spiro atoms. The third kappa shape index (κ3) is 2.88. The lowest BCUT2D eigenvalue weighted by Gasteiger charge is -2.24. The summed E-state index contributed by atoms with van der Waals surface area (Å²) in [5.41, 5.74) is 8.06. The highest BCUT2D eigenvalue weighted by Crippen LogP contribution is 2.33. The summed E-state index contributed by atoms with van der Waals surface area (Å²) in [6.07, 6.45) is 6.13. The number of para-hydroxylation sites is 1. The molecule has 0 radical (unpaired) electrons. The summed E-state index contributed by atoms with van der Waals surface area (Å²) in [6.45, 7) is 0.808. The molecule has 1 aromatic heterocycles. The summed E-state index contributed by atoms with van der Waals surface area (Å²) < 4.78 is 0. The van der Waals surface area contributed by atoms with Crippen LogP contribution in [0.1, 0.15) is 18.4 Å². The zero-order chi connectivity index (χ0) is 13.9.